The van der Waals surface area contributed by atoms with E-state index in [9.17, 15) is 4.39 Å². The summed E-state index contributed by atoms with van der Waals surface area (Å²) in [6.45, 7) is 2.71. The minimum atomic E-state index is -0.199. The van der Waals surface area contributed by atoms with Gasteiger partial charge in [0.25, 0.3) is 0 Å². The summed E-state index contributed by atoms with van der Waals surface area (Å²) in [7, 11) is 0. The number of benzene rings is 1. The van der Waals surface area contributed by atoms with Crippen LogP contribution in [-0.2, 0) is 13.0 Å². The number of rotatable bonds is 3. The molecule has 0 spiro atoms. The van der Waals surface area contributed by atoms with Gasteiger partial charge in [0.2, 0.25) is 0 Å². The zero-order chi connectivity index (χ0) is 10.7. The van der Waals surface area contributed by atoms with Gasteiger partial charge in [0, 0.05) is 6.20 Å². The molecule has 0 aliphatic rings. The molecule has 1 aromatic carbocycles. The third kappa shape index (κ3) is 2.43. The van der Waals surface area contributed by atoms with Crippen LogP contribution in [0.15, 0.2) is 36.7 Å². The Morgan fingerprint density at radius 1 is 1.33 bits per heavy atom. The Hall–Kier alpha value is -1.64. The van der Waals surface area contributed by atoms with Gasteiger partial charge < -0.3 is 0 Å². The molecule has 78 valence electrons. The highest BCUT2D eigenvalue weighted by Crippen LogP contribution is 2.06. The van der Waals surface area contributed by atoms with Crippen molar-refractivity contribution in [2.24, 2.45) is 0 Å². The van der Waals surface area contributed by atoms with Crippen molar-refractivity contribution >= 4 is 0 Å². The Balaban J connectivity index is 2.14. The van der Waals surface area contributed by atoms with Gasteiger partial charge in [0.15, 0.2) is 0 Å². The molecule has 0 radical (unpaired) electrons. The average Bonchev–Trinajstić information content (AvgIpc) is 2.65. The molecule has 1 aromatic heterocycles. The van der Waals surface area contributed by atoms with Gasteiger partial charge in [0.05, 0.1) is 12.7 Å². The fraction of sp³-hybridized carbons (Fsp3) is 0.250. The molecular weight excluding hydrogens is 191 g/mol. The van der Waals surface area contributed by atoms with Crippen molar-refractivity contribution in [3.05, 3.63) is 53.6 Å². The molecule has 0 aliphatic heterocycles. The largest absolute Gasteiger partial charge is 0.268 e. The van der Waals surface area contributed by atoms with Crippen molar-refractivity contribution in [3.8, 4) is 0 Å². The SMILES string of the molecule is CCc1cnn(Cc2cccc(F)c2)c1. The molecule has 0 saturated carbocycles. The van der Waals surface area contributed by atoms with Gasteiger partial charge in [-0.05, 0) is 29.7 Å². The predicted octanol–water partition coefficient (Wildman–Crippen LogP) is 2.63. The minimum Gasteiger partial charge on any atom is -0.268 e. The summed E-state index contributed by atoms with van der Waals surface area (Å²) < 4.78 is 14.7. The van der Waals surface area contributed by atoms with E-state index in [0.717, 1.165) is 12.0 Å². The van der Waals surface area contributed by atoms with Gasteiger partial charge in [-0.25, -0.2) is 4.39 Å². The monoisotopic (exact) mass is 204 g/mol. The molecule has 2 rings (SSSR count). The van der Waals surface area contributed by atoms with E-state index in [-0.39, 0.29) is 5.82 Å². The van der Waals surface area contributed by atoms with Crippen LogP contribution in [-0.4, -0.2) is 9.78 Å². The highest BCUT2D eigenvalue weighted by Gasteiger charge is 1.99. The molecule has 0 fully saturated rings. The van der Waals surface area contributed by atoms with E-state index in [1.807, 2.05) is 23.1 Å². The lowest BCUT2D eigenvalue weighted by atomic mass is 10.2. The van der Waals surface area contributed by atoms with Crippen LogP contribution in [0.3, 0.4) is 0 Å². The molecule has 0 bridgehead atoms. The van der Waals surface area contributed by atoms with Crippen LogP contribution in [0.2, 0.25) is 0 Å². The molecule has 0 unspecified atom stereocenters. The standard InChI is InChI=1S/C12H13FN2/c1-2-10-7-14-15(8-10)9-11-4-3-5-12(13)6-11/h3-8H,2,9H2,1H3. The highest BCUT2D eigenvalue weighted by molar-refractivity contribution is 5.17. The Bertz CT molecular complexity index is 448. The average molecular weight is 204 g/mol. The number of aromatic nitrogens is 2. The molecule has 2 aromatic rings. The highest BCUT2D eigenvalue weighted by atomic mass is 19.1. The van der Waals surface area contributed by atoms with Crippen LogP contribution < -0.4 is 0 Å². The smallest absolute Gasteiger partial charge is 0.123 e. The maximum Gasteiger partial charge on any atom is 0.123 e. The van der Waals surface area contributed by atoms with Crippen LogP contribution in [0, 0.1) is 5.82 Å². The topological polar surface area (TPSA) is 17.8 Å². The fourth-order valence-corrected chi connectivity index (χ4v) is 1.50. The predicted molar refractivity (Wildman–Crippen MR) is 57.1 cm³/mol. The van der Waals surface area contributed by atoms with Gasteiger partial charge in [-0.15, -0.1) is 0 Å². The summed E-state index contributed by atoms with van der Waals surface area (Å²) in [4.78, 5) is 0. The van der Waals surface area contributed by atoms with Crippen molar-refractivity contribution < 1.29 is 4.39 Å². The zero-order valence-electron chi connectivity index (χ0n) is 8.65. The van der Waals surface area contributed by atoms with Crippen molar-refractivity contribution in [1.29, 1.82) is 0 Å². The second-order valence-corrected chi connectivity index (χ2v) is 3.53. The number of hydrogen-bond acceptors (Lipinski definition) is 1. The number of hydrogen-bond donors (Lipinski definition) is 0. The maximum atomic E-state index is 12.9. The summed E-state index contributed by atoms with van der Waals surface area (Å²) in [5, 5.41) is 4.21. The quantitative estimate of drug-likeness (QED) is 0.751. The van der Waals surface area contributed by atoms with Crippen LogP contribution >= 0.6 is 0 Å². The Labute approximate surface area is 88.4 Å². The summed E-state index contributed by atoms with van der Waals surface area (Å²) in [5.41, 5.74) is 2.13. The van der Waals surface area contributed by atoms with Gasteiger partial charge in [-0.1, -0.05) is 19.1 Å². The van der Waals surface area contributed by atoms with E-state index in [2.05, 4.69) is 12.0 Å². The van der Waals surface area contributed by atoms with Crippen molar-refractivity contribution in [1.82, 2.24) is 9.78 Å². The molecular formula is C12H13FN2. The third-order valence-corrected chi connectivity index (χ3v) is 2.33. The lowest BCUT2D eigenvalue weighted by Gasteiger charge is -2.01. The molecule has 0 aliphatic carbocycles. The summed E-state index contributed by atoms with van der Waals surface area (Å²) >= 11 is 0. The van der Waals surface area contributed by atoms with E-state index >= 15 is 0 Å². The normalized spacial score (nSPS) is 10.5. The molecule has 3 heteroatoms. The van der Waals surface area contributed by atoms with E-state index in [1.165, 1.54) is 17.7 Å². The summed E-state index contributed by atoms with van der Waals surface area (Å²) in [6.07, 6.45) is 4.81. The van der Waals surface area contributed by atoms with E-state index in [0.29, 0.717) is 6.54 Å². The zero-order valence-corrected chi connectivity index (χ0v) is 8.65. The second kappa shape index (κ2) is 4.26. The molecule has 0 atom stereocenters. The van der Waals surface area contributed by atoms with Gasteiger partial charge in [-0.3, -0.25) is 4.68 Å². The van der Waals surface area contributed by atoms with Crippen molar-refractivity contribution in [3.63, 3.8) is 0 Å². The molecule has 0 saturated heterocycles. The van der Waals surface area contributed by atoms with E-state index in [1.54, 1.807) is 6.07 Å². The van der Waals surface area contributed by atoms with E-state index < -0.39 is 0 Å². The Kier molecular flexibility index (Phi) is 2.81. The third-order valence-electron chi connectivity index (χ3n) is 2.33. The van der Waals surface area contributed by atoms with Crippen LogP contribution in [0.1, 0.15) is 18.1 Å². The van der Waals surface area contributed by atoms with E-state index in [4.69, 9.17) is 0 Å². The van der Waals surface area contributed by atoms with Gasteiger partial charge in [-0.2, -0.15) is 5.10 Å². The second-order valence-electron chi connectivity index (χ2n) is 3.53. The van der Waals surface area contributed by atoms with Crippen molar-refractivity contribution in [2.75, 3.05) is 0 Å². The van der Waals surface area contributed by atoms with Gasteiger partial charge >= 0.3 is 0 Å². The van der Waals surface area contributed by atoms with Crippen LogP contribution in [0.4, 0.5) is 4.39 Å². The first-order valence-corrected chi connectivity index (χ1v) is 5.03. The Morgan fingerprint density at radius 3 is 2.87 bits per heavy atom. The fourth-order valence-electron chi connectivity index (χ4n) is 1.50. The first kappa shape index (κ1) is 9.90. The lowest BCUT2D eigenvalue weighted by molar-refractivity contribution is 0.619. The number of halogens is 1. The minimum absolute atomic E-state index is 0.199. The first-order valence-electron chi connectivity index (χ1n) is 5.03. The number of aryl methyl sites for hydroxylation is 1. The van der Waals surface area contributed by atoms with Gasteiger partial charge in [0.1, 0.15) is 5.82 Å². The molecule has 1 heterocycles. The van der Waals surface area contributed by atoms with Crippen molar-refractivity contribution in [2.45, 2.75) is 19.9 Å². The van der Waals surface area contributed by atoms with Crippen LogP contribution in [0.5, 0.6) is 0 Å². The molecule has 15 heavy (non-hydrogen) atoms. The summed E-state index contributed by atoms with van der Waals surface area (Å²) in [6, 6.07) is 6.60. The number of nitrogens with zero attached hydrogens (tertiary/aromatic N) is 2. The molecule has 0 amide bonds. The molecule has 2 nitrogen and oxygen atoms in total. The maximum absolute atomic E-state index is 12.9. The van der Waals surface area contributed by atoms with Crippen LogP contribution in [0.25, 0.3) is 0 Å². The first-order chi connectivity index (χ1) is 7.28. The summed E-state index contributed by atoms with van der Waals surface area (Å²) in [5.74, 6) is -0.199. The Morgan fingerprint density at radius 2 is 2.20 bits per heavy atom. The molecule has 0 N–H and O–H groups in total. The lowest BCUT2D eigenvalue weighted by Crippen LogP contribution is -1.99.